The van der Waals surface area contributed by atoms with Crippen LogP contribution in [0.1, 0.15) is 27.0 Å². The molecule has 0 saturated carbocycles. The van der Waals surface area contributed by atoms with Crippen molar-refractivity contribution >= 4 is 11.7 Å². The van der Waals surface area contributed by atoms with Crippen molar-refractivity contribution in [3.8, 4) is 5.75 Å². The van der Waals surface area contributed by atoms with Gasteiger partial charge in [0.05, 0.1) is 5.56 Å². The molecule has 98 valence electrons. The van der Waals surface area contributed by atoms with Crippen LogP contribution in [0, 0.1) is 20.8 Å². The molecular formula is C16H17NO2. The molecule has 0 aromatic heterocycles. The second-order valence-corrected chi connectivity index (χ2v) is 4.78. The first kappa shape index (κ1) is 13.1. The number of hydrogen-bond donors (Lipinski definition) is 1. The number of carbonyl (C=O) groups excluding carboxylic acids is 1. The second-order valence-electron chi connectivity index (χ2n) is 4.78. The molecule has 0 saturated heterocycles. The van der Waals surface area contributed by atoms with Crippen molar-refractivity contribution < 1.29 is 9.53 Å². The summed E-state index contributed by atoms with van der Waals surface area (Å²) in [6.07, 6.45) is 0. The van der Waals surface area contributed by atoms with Crippen molar-refractivity contribution in [1.82, 2.24) is 0 Å². The molecule has 0 heterocycles. The molecule has 0 bridgehead atoms. The SMILES string of the molecule is Cc1cc(C)cc(OC(=O)c2ccc(C)c(N)c2)c1. The number of carbonyl (C=O) groups is 1. The summed E-state index contributed by atoms with van der Waals surface area (Å²) in [5.74, 6) is 0.165. The summed E-state index contributed by atoms with van der Waals surface area (Å²) in [6.45, 7) is 5.83. The number of nitrogen functional groups attached to an aromatic ring is 1. The summed E-state index contributed by atoms with van der Waals surface area (Å²) >= 11 is 0. The molecular weight excluding hydrogens is 238 g/mol. The van der Waals surface area contributed by atoms with Crippen LogP contribution in [0.5, 0.6) is 5.75 Å². The van der Waals surface area contributed by atoms with E-state index in [1.165, 1.54) is 0 Å². The van der Waals surface area contributed by atoms with Gasteiger partial charge in [0, 0.05) is 5.69 Å². The minimum atomic E-state index is -0.392. The Kier molecular flexibility index (Phi) is 3.56. The minimum Gasteiger partial charge on any atom is -0.423 e. The number of rotatable bonds is 2. The molecule has 0 atom stereocenters. The van der Waals surface area contributed by atoms with Crippen LogP contribution in [-0.4, -0.2) is 5.97 Å². The quantitative estimate of drug-likeness (QED) is 0.508. The molecule has 0 aliphatic rings. The summed E-state index contributed by atoms with van der Waals surface area (Å²) in [4.78, 5) is 12.0. The maximum atomic E-state index is 12.0. The fraction of sp³-hybridized carbons (Fsp3) is 0.188. The van der Waals surface area contributed by atoms with Crippen molar-refractivity contribution in [3.05, 3.63) is 58.7 Å². The number of aryl methyl sites for hydroxylation is 3. The fourth-order valence-corrected chi connectivity index (χ4v) is 1.93. The van der Waals surface area contributed by atoms with E-state index in [0.717, 1.165) is 16.7 Å². The van der Waals surface area contributed by atoms with E-state index in [4.69, 9.17) is 10.5 Å². The topological polar surface area (TPSA) is 52.3 Å². The number of hydrogen-bond acceptors (Lipinski definition) is 3. The van der Waals surface area contributed by atoms with Crippen LogP contribution in [0.4, 0.5) is 5.69 Å². The van der Waals surface area contributed by atoms with E-state index in [1.807, 2.05) is 45.0 Å². The van der Waals surface area contributed by atoms with Gasteiger partial charge in [-0.25, -0.2) is 4.79 Å². The highest BCUT2D eigenvalue weighted by molar-refractivity contribution is 5.92. The third kappa shape index (κ3) is 3.13. The van der Waals surface area contributed by atoms with Crippen LogP contribution in [0.25, 0.3) is 0 Å². The zero-order chi connectivity index (χ0) is 14.0. The third-order valence-corrected chi connectivity index (χ3v) is 2.92. The zero-order valence-electron chi connectivity index (χ0n) is 11.4. The summed E-state index contributed by atoms with van der Waals surface area (Å²) < 4.78 is 5.36. The van der Waals surface area contributed by atoms with Crippen LogP contribution >= 0.6 is 0 Å². The van der Waals surface area contributed by atoms with Gasteiger partial charge in [-0.2, -0.15) is 0 Å². The van der Waals surface area contributed by atoms with Gasteiger partial charge in [-0.05, 0) is 61.7 Å². The molecule has 0 fully saturated rings. The maximum Gasteiger partial charge on any atom is 0.343 e. The molecule has 0 spiro atoms. The lowest BCUT2D eigenvalue weighted by atomic mass is 10.1. The monoisotopic (exact) mass is 255 g/mol. The first-order valence-corrected chi connectivity index (χ1v) is 6.12. The Bertz CT molecular complexity index is 612. The smallest absolute Gasteiger partial charge is 0.343 e. The highest BCUT2D eigenvalue weighted by atomic mass is 16.5. The van der Waals surface area contributed by atoms with E-state index in [1.54, 1.807) is 12.1 Å². The molecule has 2 aromatic carbocycles. The number of benzene rings is 2. The Morgan fingerprint density at radius 1 is 1.00 bits per heavy atom. The van der Waals surface area contributed by atoms with Gasteiger partial charge in [-0.3, -0.25) is 0 Å². The first-order chi connectivity index (χ1) is 8.95. The predicted octanol–water partition coefficient (Wildman–Crippen LogP) is 3.41. The summed E-state index contributed by atoms with van der Waals surface area (Å²) in [5.41, 5.74) is 9.91. The van der Waals surface area contributed by atoms with E-state index in [-0.39, 0.29) is 0 Å². The fourth-order valence-electron chi connectivity index (χ4n) is 1.93. The molecule has 3 nitrogen and oxygen atoms in total. The van der Waals surface area contributed by atoms with E-state index in [9.17, 15) is 4.79 Å². The lowest BCUT2D eigenvalue weighted by Gasteiger charge is -2.08. The molecule has 2 N–H and O–H groups in total. The predicted molar refractivity (Wildman–Crippen MR) is 76.5 cm³/mol. The van der Waals surface area contributed by atoms with Gasteiger partial charge in [-0.15, -0.1) is 0 Å². The van der Waals surface area contributed by atoms with Crippen molar-refractivity contribution in [3.63, 3.8) is 0 Å². The van der Waals surface area contributed by atoms with Gasteiger partial charge < -0.3 is 10.5 Å². The van der Waals surface area contributed by atoms with Crippen molar-refractivity contribution in [2.24, 2.45) is 0 Å². The standard InChI is InChI=1S/C16H17NO2/c1-10-6-11(2)8-14(7-10)19-16(18)13-5-4-12(3)15(17)9-13/h4-9H,17H2,1-3H3. The van der Waals surface area contributed by atoms with E-state index < -0.39 is 5.97 Å². The molecule has 0 amide bonds. The van der Waals surface area contributed by atoms with Gasteiger partial charge in [0.1, 0.15) is 5.75 Å². The van der Waals surface area contributed by atoms with E-state index in [0.29, 0.717) is 17.0 Å². The van der Waals surface area contributed by atoms with E-state index >= 15 is 0 Å². The highest BCUT2D eigenvalue weighted by Crippen LogP contribution is 2.19. The number of esters is 1. The van der Waals surface area contributed by atoms with Crippen molar-refractivity contribution in [1.29, 1.82) is 0 Å². The van der Waals surface area contributed by atoms with Gasteiger partial charge in [-0.1, -0.05) is 12.1 Å². The second kappa shape index (κ2) is 5.14. The van der Waals surface area contributed by atoms with Crippen LogP contribution in [0.2, 0.25) is 0 Å². The summed E-state index contributed by atoms with van der Waals surface area (Å²) in [6, 6.07) is 10.9. The molecule has 19 heavy (non-hydrogen) atoms. The number of nitrogens with two attached hydrogens (primary N) is 1. The molecule has 0 aliphatic heterocycles. The van der Waals surface area contributed by atoms with Gasteiger partial charge in [0.2, 0.25) is 0 Å². The zero-order valence-corrected chi connectivity index (χ0v) is 11.4. The Balaban J connectivity index is 2.22. The number of ether oxygens (including phenoxy) is 1. The van der Waals surface area contributed by atoms with Crippen LogP contribution < -0.4 is 10.5 Å². The first-order valence-electron chi connectivity index (χ1n) is 6.12. The summed E-state index contributed by atoms with van der Waals surface area (Å²) in [7, 11) is 0. The molecule has 2 rings (SSSR count). The Labute approximate surface area is 113 Å². The molecule has 0 unspecified atom stereocenters. The Morgan fingerprint density at radius 2 is 1.63 bits per heavy atom. The Hall–Kier alpha value is -2.29. The maximum absolute atomic E-state index is 12.0. The van der Waals surface area contributed by atoms with Crippen LogP contribution in [0.3, 0.4) is 0 Å². The normalized spacial score (nSPS) is 10.3. The average Bonchev–Trinajstić information content (AvgIpc) is 2.31. The largest absolute Gasteiger partial charge is 0.423 e. The van der Waals surface area contributed by atoms with Crippen molar-refractivity contribution in [2.45, 2.75) is 20.8 Å². The Morgan fingerprint density at radius 3 is 2.21 bits per heavy atom. The lowest BCUT2D eigenvalue weighted by Crippen LogP contribution is -2.09. The van der Waals surface area contributed by atoms with Crippen LogP contribution in [-0.2, 0) is 0 Å². The third-order valence-electron chi connectivity index (χ3n) is 2.92. The minimum absolute atomic E-state index is 0.392. The molecule has 2 aromatic rings. The molecule has 0 radical (unpaired) electrons. The van der Waals surface area contributed by atoms with E-state index in [2.05, 4.69) is 0 Å². The van der Waals surface area contributed by atoms with Gasteiger partial charge >= 0.3 is 5.97 Å². The van der Waals surface area contributed by atoms with Crippen molar-refractivity contribution in [2.75, 3.05) is 5.73 Å². The van der Waals surface area contributed by atoms with Gasteiger partial charge in [0.15, 0.2) is 0 Å². The van der Waals surface area contributed by atoms with Crippen LogP contribution in [0.15, 0.2) is 36.4 Å². The lowest BCUT2D eigenvalue weighted by molar-refractivity contribution is 0.0734. The van der Waals surface area contributed by atoms with Gasteiger partial charge in [0.25, 0.3) is 0 Å². The number of anilines is 1. The summed E-state index contributed by atoms with van der Waals surface area (Å²) in [5, 5.41) is 0. The highest BCUT2D eigenvalue weighted by Gasteiger charge is 2.10. The molecule has 0 aliphatic carbocycles. The average molecular weight is 255 g/mol. The molecule has 3 heteroatoms.